The third-order valence-corrected chi connectivity index (χ3v) is 3.52. The standard InChI is InChI=1S/C13H22N6O/c1-5-6-19-13(11(20-4)8-16-19)12(17-14)10-7-15-18(3)9(10)2/h7-8,12,17H,5-6,14H2,1-4H3. The molecule has 7 nitrogen and oxygen atoms in total. The van der Waals surface area contributed by atoms with Crippen LogP contribution in [0.2, 0.25) is 0 Å². The highest BCUT2D eigenvalue weighted by Crippen LogP contribution is 2.31. The van der Waals surface area contributed by atoms with Gasteiger partial charge in [-0.3, -0.25) is 15.2 Å². The number of nitrogens with one attached hydrogen (secondary N) is 1. The van der Waals surface area contributed by atoms with Crippen LogP contribution in [0.15, 0.2) is 12.4 Å². The Kier molecular flexibility index (Phi) is 4.41. The molecule has 0 aliphatic heterocycles. The quantitative estimate of drug-likeness (QED) is 0.606. The van der Waals surface area contributed by atoms with Gasteiger partial charge in [0.2, 0.25) is 0 Å². The van der Waals surface area contributed by atoms with Gasteiger partial charge in [0.1, 0.15) is 5.69 Å². The van der Waals surface area contributed by atoms with Crippen molar-refractivity contribution in [3.63, 3.8) is 0 Å². The first kappa shape index (κ1) is 14.5. The van der Waals surface area contributed by atoms with Crippen molar-refractivity contribution in [2.45, 2.75) is 32.9 Å². The largest absolute Gasteiger partial charge is 0.493 e. The smallest absolute Gasteiger partial charge is 0.161 e. The molecule has 2 heterocycles. The number of nitrogens with zero attached hydrogens (tertiary/aromatic N) is 4. The summed E-state index contributed by atoms with van der Waals surface area (Å²) in [5.41, 5.74) is 5.85. The molecular formula is C13H22N6O. The number of nitrogens with two attached hydrogens (primary N) is 1. The van der Waals surface area contributed by atoms with E-state index in [0.717, 1.165) is 35.7 Å². The molecule has 0 bridgehead atoms. The molecule has 1 atom stereocenters. The fourth-order valence-electron chi connectivity index (χ4n) is 2.33. The molecule has 2 aromatic rings. The van der Waals surface area contributed by atoms with Crippen LogP contribution in [-0.4, -0.2) is 26.7 Å². The van der Waals surface area contributed by atoms with Gasteiger partial charge in [-0.1, -0.05) is 6.92 Å². The molecule has 0 saturated carbocycles. The van der Waals surface area contributed by atoms with Crippen LogP contribution in [0.3, 0.4) is 0 Å². The minimum absolute atomic E-state index is 0.201. The molecule has 2 aromatic heterocycles. The van der Waals surface area contributed by atoms with E-state index in [4.69, 9.17) is 10.6 Å². The monoisotopic (exact) mass is 278 g/mol. The molecule has 20 heavy (non-hydrogen) atoms. The Morgan fingerprint density at radius 3 is 2.65 bits per heavy atom. The van der Waals surface area contributed by atoms with Crippen molar-refractivity contribution in [3.05, 3.63) is 29.3 Å². The van der Waals surface area contributed by atoms with E-state index < -0.39 is 0 Å². The Labute approximate surface area is 118 Å². The minimum atomic E-state index is -0.201. The van der Waals surface area contributed by atoms with Gasteiger partial charge in [-0.2, -0.15) is 10.2 Å². The average molecular weight is 278 g/mol. The van der Waals surface area contributed by atoms with Crippen LogP contribution in [-0.2, 0) is 13.6 Å². The second-order valence-corrected chi connectivity index (χ2v) is 4.73. The number of rotatable bonds is 6. The summed E-state index contributed by atoms with van der Waals surface area (Å²) in [4.78, 5) is 0. The number of hydrogen-bond acceptors (Lipinski definition) is 5. The lowest BCUT2D eigenvalue weighted by Crippen LogP contribution is -2.31. The van der Waals surface area contributed by atoms with Gasteiger partial charge in [-0.15, -0.1) is 0 Å². The minimum Gasteiger partial charge on any atom is -0.493 e. The lowest BCUT2D eigenvalue weighted by Gasteiger charge is -2.19. The van der Waals surface area contributed by atoms with Crippen LogP contribution in [0.1, 0.15) is 36.3 Å². The highest BCUT2D eigenvalue weighted by Gasteiger charge is 2.25. The molecule has 3 N–H and O–H groups in total. The van der Waals surface area contributed by atoms with Crippen molar-refractivity contribution in [1.82, 2.24) is 25.0 Å². The Morgan fingerprint density at radius 2 is 2.15 bits per heavy atom. The molecule has 1 unspecified atom stereocenters. The van der Waals surface area contributed by atoms with Crippen LogP contribution in [0.5, 0.6) is 5.75 Å². The van der Waals surface area contributed by atoms with Crippen LogP contribution < -0.4 is 16.0 Å². The van der Waals surface area contributed by atoms with Gasteiger partial charge in [0.05, 0.1) is 25.5 Å². The van der Waals surface area contributed by atoms with Gasteiger partial charge in [0, 0.05) is 24.8 Å². The number of aromatic nitrogens is 4. The maximum Gasteiger partial charge on any atom is 0.161 e. The highest BCUT2D eigenvalue weighted by molar-refractivity contribution is 5.37. The summed E-state index contributed by atoms with van der Waals surface area (Å²) in [6.07, 6.45) is 4.53. The first-order chi connectivity index (χ1) is 9.63. The summed E-state index contributed by atoms with van der Waals surface area (Å²) < 4.78 is 9.17. The molecule has 0 aliphatic carbocycles. The lowest BCUT2D eigenvalue weighted by molar-refractivity contribution is 0.398. The van der Waals surface area contributed by atoms with Crippen molar-refractivity contribution in [1.29, 1.82) is 0 Å². The topological polar surface area (TPSA) is 82.9 Å². The number of hydrazine groups is 1. The molecule has 0 saturated heterocycles. The molecule has 2 rings (SSSR count). The SMILES string of the molecule is CCCn1ncc(OC)c1C(NN)c1cnn(C)c1C. The summed E-state index contributed by atoms with van der Waals surface area (Å²) in [6, 6.07) is -0.201. The summed E-state index contributed by atoms with van der Waals surface area (Å²) in [5.74, 6) is 6.51. The van der Waals surface area contributed by atoms with Crippen molar-refractivity contribution >= 4 is 0 Å². The third kappa shape index (κ3) is 2.41. The Morgan fingerprint density at radius 1 is 1.40 bits per heavy atom. The van der Waals surface area contributed by atoms with E-state index in [1.54, 1.807) is 13.3 Å². The van der Waals surface area contributed by atoms with Crippen molar-refractivity contribution in [2.24, 2.45) is 12.9 Å². The Bertz CT molecular complexity index is 573. The molecule has 0 radical (unpaired) electrons. The second kappa shape index (κ2) is 6.06. The Balaban J connectivity index is 2.50. The van der Waals surface area contributed by atoms with Crippen LogP contribution in [0, 0.1) is 6.92 Å². The molecule has 0 spiro atoms. The third-order valence-electron chi connectivity index (χ3n) is 3.52. The normalized spacial score (nSPS) is 12.7. The van der Waals surface area contributed by atoms with Crippen LogP contribution >= 0.6 is 0 Å². The zero-order chi connectivity index (χ0) is 14.7. The highest BCUT2D eigenvalue weighted by atomic mass is 16.5. The Hall–Kier alpha value is -1.86. The zero-order valence-electron chi connectivity index (χ0n) is 12.4. The van der Waals surface area contributed by atoms with Crippen LogP contribution in [0.4, 0.5) is 0 Å². The summed E-state index contributed by atoms with van der Waals surface area (Å²) >= 11 is 0. The number of aryl methyl sites for hydroxylation is 2. The second-order valence-electron chi connectivity index (χ2n) is 4.73. The number of ether oxygens (including phenoxy) is 1. The summed E-state index contributed by atoms with van der Waals surface area (Å²) in [5, 5.41) is 8.65. The van der Waals surface area contributed by atoms with E-state index in [0.29, 0.717) is 0 Å². The maximum atomic E-state index is 5.78. The van der Waals surface area contributed by atoms with E-state index in [9.17, 15) is 0 Å². The molecule has 7 heteroatoms. The first-order valence-corrected chi connectivity index (χ1v) is 6.68. The maximum absolute atomic E-state index is 5.78. The fraction of sp³-hybridized carbons (Fsp3) is 0.538. The van der Waals surface area contributed by atoms with Gasteiger partial charge < -0.3 is 4.74 Å². The predicted molar refractivity (Wildman–Crippen MR) is 76.2 cm³/mol. The summed E-state index contributed by atoms with van der Waals surface area (Å²) in [6.45, 7) is 4.94. The van der Waals surface area contributed by atoms with Crippen molar-refractivity contribution in [3.8, 4) is 5.75 Å². The first-order valence-electron chi connectivity index (χ1n) is 6.68. The number of hydrogen-bond donors (Lipinski definition) is 2. The zero-order valence-corrected chi connectivity index (χ0v) is 12.4. The number of methoxy groups -OCH3 is 1. The fourth-order valence-corrected chi connectivity index (χ4v) is 2.33. The van der Waals surface area contributed by atoms with Gasteiger partial charge in [0.25, 0.3) is 0 Å². The van der Waals surface area contributed by atoms with E-state index in [-0.39, 0.29) is 6.04 Å². The van der Waals surface area contributed by atoms with Crippen molar-refractivity contribution < 1.29 is 4.74 Å². The average Bonchev–Trinajstić information content (AvgIpc) is 2.99. The lowest BCUT2D eigenvalue weighted by atomic mass is 10.0. The molecule has 0 aliphatic rings. The van der Waals surface area contributed by atoms with Gasteiger partial charge in [0.15, 0.2) is 5.75 Å². The van der Waals surface area contributed by atoms with Gasteiger partial charge in [-0.05, 0) is 13.3 Å². The predicted octanol–water partition coefficient (Wildman–Crippen LogP) is 0.896. The van der Waals surface area contributed by atoms with Crippen molar-refractivity contribution in [2.75, 3.05) is 7.11 Å². The molecule has 110 valence electrons. The van der Waals surface area contributed by atoms with Crippen LogP contribution in [0.25, 0.3) is 0 Å². The summed E-state index contributed by atoms with van der Waals surface area (Å²) in [7, 11) is 3.55. The molecule has 0 amide bonds. The van der Waals surface area contributed by atoms with Gasteiger partial charge in [-0.25, -0.2) is 5.43 Å². The molecule has 0 fully saturated rings. The van der Waals surface area contributed by atoms with E-state index >= 15 is 0 Å². The molecular weight excluding hydrogens is 256 g/mol. The van der Waals surface area contributed by atoms with E-state index in [1.165, 1.54) is 0 Å². The van der Waals surface area contributed by atoms with E-state index in [1.807, 2.05) is 29.5 Å². The van der Waals surface area contributed by atoms with Gasteiger partial charge >= 0.3 is 0 Å². The molecule has 0 aromatic carbocycles. The van der Waals surface area contributed by atoms with E-state index in [2.05, 4.69) is 22.5 Å².